The van der Waals surface area contributed by atoms with Crippen LogP contribution in [0, 0.1) is 0 Å². The maximum Gasteiger partial charge on any atom is 0.0888 e. The lowest BCUT2D eigenvalue weighted by atomic mass is 10.0. The zero-order chi connectivity index (χ0) is 16.4. The number of fused-ring (bicyclic) bond motifs is 8. The Labute approximate surface area is 147 Å². The minimum absolute atomic E-state index is 1.05. The van der Waals surface area contributed by atoms with E-state index in [0.717, 1.165) is 22.1 Å². The van der Waals surface area contributed by atoms with Crippen LogP contribution in [-0.2, 0) is 0 Å². The summed E-state index contributed by atoms with van der Waals surface area (Å²) in [6.07, 6.45) is 0. The van der Waals surface area contributed by atoms with E-state index in [-0.39, 0.29) is 0 Å². The van der Waals surface area contributed by atoms with Crippen molar-refractivity contribution in [2.45, 2.75) is 0 Å². The second-order valence-corrected chi connectivity index (χ2v) is 7.36. The van der Waals surface area contributed by atoms with Crippen LogP contribution in [0.3, 0.4) is 0 Å². The number of rotatable bonds is 0. The quantitative estimate of drug-likeness (QED) is 0.240. The lowest BCUT2D eigenvalue weighted by molar-refractivity contribution is 1.53. The summed E-state index contributed by atoms with van der Waals surface area (Å²) < 4.78 is 2.43. The van der Waals surface area contributed by atoms with Crippen molar-refractivity contribution < 1.29 is 0 Å². The molecule has 25 heavy (non-hydrogen) atoms. The highest BCUT2D eigenvalue weighted by atomic mass is 32.1. The standard InChI is InChI=1S/C22H12N2S/c1-2-6-17-13(5-1)14-9-10-16-15(21(14)23-17)11-12-20-22(16)24-18-7-3-4-8-19(18)25-20/h1-12H. The smallest absolute Gasteiger partial charge is 0.0888 e. The van der Waals surface area contributed by atoms with E-state index in [1.165, 1.54) is 30.9 Å². The summed E-state index contributed by atoms with van der Waals surface area (Å²) in [5.41, 5.74) is 4.24. The third-order valence-electron chi connectivity index (χ3n) is 4.85. The highest BCUT2D eigenvalue weighted by Crippen LogP contribution is 2.36. The fourth-order valence-electron chi connectivity index (χ4n) is 3.68. The lowest BCUT2D eigenvalue weighted by Gasteiger charge is -2.05. The first-order chi connectivity index (χ1) is 12.4. The molecule has 0 atom stereocenters. The van der Waals surface area contributed by atoms with Crippen molar-refractivity contribution in [1.29, 1.82) is 0 Å². The van der Waals surface area contributed by atoms with Gasteiger partial charge in [0.2, 0.25) is 0 Å². The fraction of sp³-hybridized carbons (Fsp3) is 0. The summed E-state index contributed by atoms with van der Waals surface area (Å²) in [5, 5.41) is 4.78. The fourth-order valence-corrected chi connectivity index (χ4v) is 4.67. The number of para-hydroxylation sites is 2. The molecule has 0 bridgehead atoms. The Morgan fingerprint density at radius 2 is 1.12 bits per heavy atom. The average Bonchev–Trinajstić information content (AvgIpc) is 3.05. The van der Waals surface area contributed by atoms with Crippen LogP contribution < -0.4 is 0 Å². The van der Waals surface area contributed by atoms with Gasteiger partial charge in [0.1, 0.15) is 0 Å². The summed E-state index contributed by atoms with van der Waals surface area (Å²) in [6, 6.07) is 25.4. The predicted octanol–water partition coefficient (Wildman–Crippen LogP) is 6.30. The van der Waals surface area contributed by atoms with Crippen molar-refractivity contribution in [1.82, 2.24) is 9.97 Å². The van der Waals surface area contributed by atoms with E-state index in [4.69, 9.17) is 9.97 Å². The van der Waals surface area contributed by atoms with Gasteiger partial charge in [-0.25, -0.2) is 9.97 Å². The third-order valence-corrected chi connectivity index (χ3v) is 5.97. The maximum absolute atomic E-state index is 4.95. The minimum Gasteiger partial charge on any atom is -0.247 e. The summed E-state index contributed by atoms with van der Waals surface area (Å²) >= 11 is 1.79. The number of aromatic nitrogens is 2. The Morgan fingerprint density at radius 3 is 2.04 bits per heavy atom. The first-order valence-corrected chi connectivity index (χ1v) is 9.10. The lowest BCUT2D eigenvalue weighted by Crippen LogP contribution is -1.83. The molecule has 2 aromatic heterocycles. The third kappa shape index (κ3) is 1.79. The highest BCUT2D eigenvalue weighted by Gasteiger charge is 2.11. The molecule has 0 unspecified atom stereocenters. The Balaban J connectivity index is 1.83. The molecule has 4 aromatic carbocycles. The van der Waals surface area contributed by atoms with Crippen molar-refractivity contribution in [2.24, 2.45) is 0 Å². The summed E-state index contributed by atoms with van der Waals surface area (Å²) in [4.78, 5) is 9.84. The van der Waals surface area contributed by atoms with Gasteiger partial charge in [-0.1, -0.05) is 48.5 Å². The molecule has 2 nitrogen and oxygen atoms in total. The molecule has 0 aliphatic heterocycles. The van der Waals surface area contributed by atoms with E-state index in [0.29, 0.717) is 0 Å². The average molecular weight is 336 g/mol. The largest absolute Gasteiger partial charge is 0.247 e. The normalized spacial score (nSPS) is 12.0. The first-order valence-electron chi connectivity index (χ1n) is 8.28. The number of hydrogen-bond donors (Lipinski definition) is 0. The molecule has 6 aromatic rings. The summed E-state index contributed by atoms with van der Waals surface area (Å²) in [6.45, 7) is 0. The van der Waals surface area contributed by atoms with Crippen molar-refractivity contribution >= 4 is 64.3 Å². The molecule has 0 amide bonds. The topological polar surface area (TPSA) is 25.8 Å². The van der Waals surface area contributed by atoms with Gasteiger partial charge in [-0.3, -0.25) is 0 Å². The number of benzene rings is 4. The Morgan fingerprint density at radius 1 is 0.480 bits per heavy atom. The van der Waals surface area contributed by atoms with E-state index in [1.807, 2.05) is 12.1 Å². The highest BCUT2D eigenvalue weighted by molar-refractivity contribution is 7.24. The molecule has 2 heterocycles. The van der Waals surface area contributed by atoms with Crippen LogP contribution in [0.5, 0.6) is 0 Å². The molecule has 0 radical (unpaired) electrons. The molecule has 6 rings (SSSR count). The molecule has 0 saturated carbocycles. The Hall–Kier alpha value is -3.04. The zero-order valence-corrected chi connectivity index (χ0v) is 14.0. The van der Waals surface area contributed by atoms with Gasteiger partial charge in [0.05, 0.1) is 31.5 Å². The Bertz CT molecular complexity index is 1450. The minimum atomic E-state index is 1.05. The van der Waals surface area contributed by atoms with E-state index in [9.17, 15) is 0 Å². The molecule has 0 aliphatic rings. The van der Waals surface area contributed by atoms with Crippen LogP contribution >= 0.6 is 11.3 Å². The second-order valence-electron chi connectivity index (χ2n) is 6.28. The monoisotopic (exact) mass is 336 g/mol. The maximum atomic E-state index is 4.95. The van der Waals surface area contributed by atoms with Gasteiger partial charge in [0.25, 0.3) is 0 Å². The van der Waals surface area contributed by atoms with Crippen LogP contribution in [0.25, 0.3) is 53.0 Å². The van der Waals surface area contributed by atoms with Crippen LogP contribution in [0.15, 0.2) is 72.8 Å². The van der Waals surface area contributed by atoms with Crippen molar-refractivity contribution in [3.8, 4) is 0 Å². The van der Waals surface area contributed by atoms with E-state index < -0.39 is 0 Å². The van der Waals surface area contributed by atoms with Crippen molar-refractivity contribution in [3.05, 3.63) is 72.8 Å². The SMILES string of the molecule is c1ccc2sc3ccc4c(ccc5c6ccccc6nc54)c3nc2c1. The molecule has 116 valence electrons. The van der Waals surface area contributed by atoms with Gasteiger partial charge in [-0.2, -0.15) is 0 Å². The Kier molecular flexibility index (Phi) is 2.52. The van der Waals surface area contributed by atoms with E-state index in [2.05, 4.69) is 60.7 Å². The molecule has 0 aliphatic carbocycles. The van der Waals surface area contributed by atoms with E-state index in [1.54, 1.807) is 11.3 Å². The molecule has 0 fully saturated rings. The summed E-state index contributed by atoms with van der Waals surface area (Å²) in [7, 11) is 0. The van der Waals surface area contributed by atoms with Crippen LogP contribution in [-0.4, -0.2) is 9.97 Å². The van der Waals surface area contributed by atoms with Crippen LogP contribution in [0.4, 0.5) is 0 Å². The predicted molar refractivity (Wildman–Crippen MR) is 107 cm³/mol. The molecule has 0 N–H and O–H groups in total. The molecule has 0 spiro atoms. The van der Waals surface area contributed by atoms with Crippen molar-refractivity contribution in [2.75, 3.05) is 0 Å². The van der Waals surface area contributed by atoms with Crippen molar-refractivity contribution in [3.63, 3.8) is 0 Å². The van der Waals surface area contributed by atoms with Gasteiger partial charge in [0.15, 0.2) is 0 Å². The van der Waals surface area contributed by atoms with Crippen LogP contribution in [0.1, 0.15) is 0 Å². The number of hydrogen-bond acceptors (Lipinski definition) is 3. The second kappa shape index (κ2) is 4.74. The van der Waals surface area contributed by atoms with E-state index >= 15 is 0 Å². The van der Waals surface area contributed by atoms with Gasteiger partial charge in [-0.05, 0) is 24.3 Å². The van der Waals surface area contributed by atoms with Gasteiger partial charge in [0, 0.05) is 21.5 Å². The van der Waals surface area contributed by atoms with Gasteiger partial charge in [-0.15, -0.1) is 11.3 Å². The molecule has 0 saturated heterocycles. The van der Waals surface area contributed by atoms with Gasteiger partial charge >= 0.3 is 0 Å². The molecular weight excluding hydrogens is 324 g/mol. The zero-order valence-electron chi connectivity index (χ0n) is 13.2. The summed E-state index contributed by atoms with van der Waals surface area (Å²) in [5.74, 6) is 0. The molecular formula is C22H12N2S. The number of nitrogens with zero attached hydrogens (tertiary/aromatic N) is 2. The molecule has 3 heteroatoms. The van der Waals surface area contributed by atoms with Gasteiger partial charge < -0.3 is 0 Å². The first kappa shape index (κ1) is 13.3. The van der Waals surface area contributed by atoms with Crippen LogP contribution in [0.2, 0.25) is 0 Å².